The molecule has 0 aliphatic rings. The maximum atomic E-state index is 13.0. The summed E-state index contributed by atoms with van der Waals surface area (Å²) in [7, 11) is 0. The van der Waals surface area contributed by atoms with Crippen LogP contribution in [0.25, 0.3) is 0 Å². The molecule has 0 aromatic heterocycles. The van der Waals surface area contributed by atoms with Crippen LogP contribution in [0, 0.1) is 0 Å². The van der Waals surface area contributed by atoms with E-state index in [0.29, 0.717) is 17.8 Å². The Morgan fingerprint density at radius 1 is 0.933 bits per heavy atom. The van der Waals surface area contributed by atoms with E-state index in [1.165, 1.54) is 42.5 Å². The van der Waals surface area contributed by atoms with E-state index in [1.807, 2.05) is 0 Å². The van der Waals surface area contributed by atoms with Gasteiger partial charge in [-0.15, -0.1) is 0 Å². The molecule has 30 heavy (non-hydrogen) atoms. The lowest BCUT2D eigenvalue weighted by atomic mass is 10.1. The minimum absolute atomic E-state index is 0.239. The van der Waals surface area contributed by atoms with Crippen LogP contribution in [0.15, 0.2) is 48.5 Å². The first kappa shape index (κ1) is 23.2. The van der Waals surface area contributed by atoms with E-state index in [1.54, 1.807) is 0 Å². The number of carbonyl (C=O) groups is 2. The number of halogens is 3. The van der Waals surface area contributed by atoms with Crippen LogP contribution in [0.5, 0.6) is 0 Å². The number of rotatable bonds is 8. The highest BCUT2D eigenvalue weighted by Gasteiger charge is 2.33. The molecule has 0 bridgehead atoms. The van der Waals surface area contributed by atoms with Crippen molar-refractivity contribution in [1.82, 2.24) is 10.2 Å². The highest BCUT2D eigenvalue weighted by molar-refractivity contribution is 6.01. The molecule has 3 amide bonds. The lowest BCUT2D eigenvalue weighted by Crippen LogP contribution is -2.34. The van der Waals surface area contributed by atoms with Crippen LogP contribution >= 0.6 is 0 Å². The third-order valence-electron chi connectivity index (χ3n) is 4.49. The molecule has 2 rings (SSSR count). The molecule has 0 saturated carbocycles. The molecule has 9 heteroatoms. The Hall–Kier alpha value is -3.07. The Morgan fingerprint density at radius 2 is 1.57 bits per heavy atom. The van der Waals surface area contributed by atoms with Gasteiger partial charge in [0, 0.05) is 24.3 Å². The summed E-state index contributed by atoms with van der Waals surface area (Å²) >= 11 is 0. The van der Waals surface area contributed by atoms with Gasteiger partial charge in [-0.05, 0) is 49.5 Å². The molecule has 2 aromatic rings. The highest BCUT2D eigenvalue weighted by Crippen LogP contribution is 2.34. The summed E-state index contributed by atoms with van der Waals surface area (Å²) in [6.45, 7) is 7.17. The second kappa shape index (κ2) is 10.6. The van der Waals surface area contributed by atoms with E-state index in [4.69, 9.17) is 0 Å². The van der Waals surface area contributed by atoms with Crippen molar-refractivity contribution in [3.8, 4) is 0 Å². The lowest BCUT2D eigenvalue weighted by molar-refractivity contribution is -0.136. The molecule has 0 fully saturated rings. The first-order valence-electron chi connectivity index (χ1n) is 9.59. The summed E-state index contributed by atoms with van der Waals surface area (Å²) in [6, 6.07) is 9.98. The normalized spacial score (nSPS) is 11.3. The van der Waals surface area contributed by atoms with Crippen molar-refractivity contribution >= 4 is 23.3 Å². The zero-order valence-corrected chi connectivity index (χ0v) is 16.8. The van der Waals surface area contributed by atoms with Gasteiger partial charge < -0.3 is 20.9 Å². The quantitative estimate of drug-likeness (QED) is 0.590. The standard InChI is InChI=1S/C21H25F3N4O2/c1-3-28(4-2)14-13-25-19(29)15-9-11-16(12-10-15)26-20(30)27-18-8-6-5-7-17(18)21(22,23)24/h5-12H,3-4,13-14H2,1-2H3,(H,25,29)(H2,26,27,30). The maximum absolute atomic E-state index is 13.0. The second-order valence-electron chi connectivity index (χ2n) is 6.48. The molecule has 0 unspecified atom stereocenters. The van der Waals surface area contributed by atoms with Gasteiger partial charge >= 0.3 is 12.2 Å². The molecule has 0 atom stereocenters. The van der Waals surface area contributed by atoms with Gasteiger partial charge in [0.1, 0.15) is 0 Å². The number of carbonyl (C=O) groups excluding carboxylic acids is 2. The van der Waals surface area contributed by atoms with Gasteiger partial charge in [-0.1, -0.05) is 26.0 Å². The Kier molecular flexibility index (Phi) is 8.23. The van der Waals surface area contributed by atoms with Crippen molar-refractivity contribution < 1.29 is 22.8 Å². The van der Waals surface area contributed by atoms with E-state index >= 15 is 0 Å². The molecule has 2 aromatic carbocycles. The molecule has 0 radical (unpaired) electrons. The molecule has 0 aliphatic heterocycles. The van der Waals surface area contributed by atoms with Crippen molar-refractivity contribution in [3.05, 3.63) is 59.7 Å². The molecule has 0 spiro atoms. The fourth-order valence-electron chi connectivity index (χ4n) is 2.80. The number of likely N-dealkylation sites (N-methyl/N-ethyl adjacent to an activating group) is 1. The monoisotopic (exact) mass is 422 g/mol. The fraction of sp³-hybridized carbons (Fsp3) is 0.333. The second-order valence-corrected chi connectivity index (χ2v) is 6.48. The SMILES string of the molecule is CCN(CC)CCNC(=O)c1ccc(NC(=O)Nc2ccccc2C(F)(F)F)cc1. The number of benzene rings is 2. The Bertz CT molecular complexity index is 850. The Balaban J connectivity index is 1.92. The average molecular weight is 422 g/mol. The largest absolute Gasteiger partial charge is 0.418 e. The minimum atomic E-state index is -4.58. The molecule has 162 valence electrons. The van der Waals surface area contributed by atoms with Gasteiger partial charge in [0.15, 0.2) is 0 Å². The van der Waals surface area contributed by atoms with Gasteiger partial charge in [-0.25, -0.2) is 4.79 Å². The third-order valence-corrected chi connectivity index (χ3v) is 4.49. The highest BCUT2D eigenvalue weighted by atomic mass is 19.4. The maximum Gasteiger partial charge on any atom is 0.418 e. The van der Waals surface area contributed by atoms with Crippen LogP contribution in [-0.2, 0) is 6.18 Å². The van der Waals surface area contributed by atoms with E-state index in [9.17, 15) is 22.8 Å². The van der Waals surface area contributed by atoms with Crippen LogP contribution in [-0.4, -0.2) is 43.0 Å². The number of amides is 3. The van der Waals surface area contributed by atoms with Crippen LogP contribution in [0.1, 0.15) is 29.8 Å². The van der Waals surface area contributed by atoms with E-state index in [2.05, 4.69) is 34.7 Å². The van der Waals surface area contributed by atoms with Gasteiger partial charge in [0.2, 0.25) is 0 Å². The number of anilines is 2. The summed E-state index contributed by atoms with van der Waals surface area (Å²) in [5.41, 5.74) is -0.511. The average Bonchev–Trinajstić information content (AvgIpc) is 2.71. The summed E-state index contributed by atoms with van der Waals surface area (Å²) in [5, 5.41) is 7.48. The lowest BCUT2D eigenvalue weighted by Gasteiger charge is -2.18. The Labute approximate surface area is 173 Å². The first-order valence-corrected chi connectivity index (χ1v) is 9.59. The summed E-state index contributed by atoms with van der Waals surface area (Å²) in [4.78, 5) is 26.4. The topological polar surface area (TPSA) is 73.5 Å². The number of nitrogens with zero attached hydrogens (tertiary/aromatic N) is 1. The van der Waals surface area contributed by atoms with Crippen LogP contribution in [0.2, 0.25) is 0 Å². The molecule has 0 saturated heterocycles. The zero-order chi connectivity index (χ0) is 22.1. The molecular weight excluding hydrogens is 397 g/mol. The molecule has 6 nitrogen and oxygen atoms in total. The van der Waals surface area contributed by atoms with E-state index in [-0.39, 0.29) is 11.6 Å². The van der Waals surface area contributed by atoms with Crippen LogP contribution < -0.4 is 16.0 Å². The number of hydrogen-bond acceptors (Lipinski definition) is 3. The van der Waals surface area contributed by atoms with Crippen molar-refractivity contribution in [2.75, 3.05) is 36.8 Å². The van der Waals surface area contributed by atoms with Crippen molar-refractivity contribution in [2.24, 2.45) is 0 Å². The van der Waals surface area contributed by atoms with Gasteiger partial charge in [-0.2, -0.15) is 13.2 Å². The number of hydrogen-bond donors (Lipinski definition) is 3. The molecule has 0 heterocycles. The van der Waals surface area contributed by atoms with Crippen LogP contribution in [0.3, 0.4) is 0 Å². The smallest absolute Gasteiger partial charge is 0.351 e. The Morgan fingerprint density at radius 3 is 2.17 bits per heavy atom. The molecule has 3 N–H and O–H groups in total. The van der Waals surface area contributed by atoms with E-state index < -0.39 is 17.8 Å². The number of urea groups is 1. The predicted molar refractivity (Wildman–Crippen MR) is 111 cm³/mol. The summed E-state index contributed by atoms with van der Waals surface area (Å²) in [6.07, 6.45) is -4.58. The number of nitrogens with one attached hydrogen (secondary N) is 3. The van der Waals surface area contributed by atoms with Gasteiger partial charge in [-0.3, -0.25) is 4.79 Å². The first-order chi connectivity index (χ1) is 14.2. The summed E-state index contributed by atoms with van der Waals surface area (Å²) < 4.78 is 39.0. The molecular formula is C21H25F3N4O2. The zero-order valence-electron chi connectivity index (χ0n) is 16.8. The van der Waals surface area contributed by atoms with Gasteiger partial charge in [0.25, 0.3) is 5.91 Å². The van der Waals surface area contributed by atoms with E-state index in [0.717, 1.165) is 25.7 Å². The van der Waals surface area contributed by atoms with Crippen molar-refractivity contribution in [1.29, 1.82) is 0 Å². The number of alkyl halides is 3. The summed E-state index contributed by atoms with van der Waals surface area (Å²) in [5.74, 6) is -0.239. The van der Waals surface area contributed by atoms with Crippen molar-refractivity contribution in [2.45, 2.75) is 20.0 Å². The van der Waals surface area contributed by atoms with Crippen molar-refractivity contribution in [3.63, 3.8) is 0 Å². The minimum Gasteiger partial charge on any atom is -0.351 e. The van der Waals surface area contributed by atoms with Crippen LogP contribution in [0.4, 0.5) is 29.3 Å². The predicted octanol–water partition coefficient (Wildman–Crippen LogP) is 4.42. The molecule has 0 aliphatic carbocycles. The number of para-hydroxylation sites is 1. The fourth-order valence-corrected chi connectivity index (χ4v) is 2.80. The van der Waals surface area contributed by atoms with Gasteiger partial charge in [0.05, 0.1) is 11.3 Å². The third kappa shape index (κ3) is 6.77.